The Kier molecular flexibility index (Phi) is 5.78. The highest BCUT2D eigenvalue weighted by Crippen LogP contribution is 2.38. The van der Waals surface area contributed by atoms with Crippen molar-refractivity contribution in [1.29, 1.82) is 0 Å². The van der Waals surface area contributed by atoms with Gasteiger partial charge in [0.25, 0.3) is 5.91 Å². The van der Waals surface area contributed by atoms with E-state index in [1.165, 1.54) is 30.6 Å². The van der Waals surface area contributed by atoms with Gasteiger partial charge in [0.2, 0.25) is 0 Å². The molecule has 1 amide bonds. The summed E-state index contributed by atoms with van der Waals surface area (Å²) in [6.45, 7) is 7.16. The van der Waals surface area contributed by atoms with E-state index in [1.807, 2.05) is 42.4 Å². The Morgan fingerprint density at radius 3 is 2.66 bits per heavy atom. The van der Waals surface area contributed by atoms with Crippen LogP contribution in [0.1, 0.15) is 34.3 Å². The van der Waals surface area contributed by atoms with Crippen LogP contribution in [-0.4, -0.2) is 59.5 Å². The molecule has 3 aliphatic rings. The maximum Gasteiger partial charge on any atom is 0.258 e. The molecule has 204 valence electrons. The van der Waals surface area contributed by atoms with Gasteiger partial charge in [0, 0.05) is 72.5 Å². The summed E-state index contributed by atoms with van der Waals surface area (Å²) in [6, 6.07) is 23.6. The highest BCUT2D eigenvalue weighted by molar-refractivity contribution is 6.17. The van der Waals surface area contributed by atoms with Crippen LogP contribution < -0.4 is 9.80 Å². The molecule has 0 bridgehead atoms. The average molecular weight is 540 g/mol. The van der Waals surface area contributed by atoms with Crippen LogP contribution in [0.25, 0.3) is 32.9 Å². The van der Waals surface area contributed by atoms with Crippen LogP contribution in [0.5, 0.6) is 0 Å². The maximum atomic E-state index is 14.2. The van der Waals surface area contributed by atoms with Crippen LogP contribution in [0.2, 0.25) is 0 Å². The van der Waals surface area contributed by atoms with Gasteiger partial charge in [-0.15, -0.1) is 0 Å². The summed E-state index contributed by atoms with van der Waals surface area (Å²) in [5, 5.41) is 3.15. The van der Waals surface area contributed by atoms with Gasteiger partial charge in [-0.05, 0) is 85.0 Å². The van der Waals surface area contributed by atoms with E-state index in [0.717, 1.165) is 75.8 Å². The summed E-state index contributed by atoms with van der Waals surface area (Å²) in [6.07, 6.45) is 7.26. The maximum absolute atomic E-state index is 14.2. The molecule has 6 nitrogen and oxygen atoms in total. The minimum absolute atomic E-state index is 0.0488. The minimum Gasteiger partial charge on any atom is -0.368 e. The molecule has 3 aliphatic heterocycles. The quantitative estimate of drug-likeness (QED) is 0.271. The van der Waals surface area contributed by atoms with Gasteiger partial charge in [-0.25, -0.2) is 0 Å². The Morgan fingerprint density at radius 1 is 0.854 bits per heavy atom. The summed E-state index contributed by atoms with van der Waals surface area (Å²) in [4.78, 5) is 30.8. The smallest absolute Gasteiger partial charge is 0.258 e. The average Bonchev–Trinajstić information content (AvgIpc) is 3.65. The number of fused-ring (bicyclic) bond motifs is 4. The number of piperazine rings is 1. The largest absolute Gasteiger partial charge is 0.368 e. The number of anilines is 2. The van der Waals surface area contributed by atoms with Crippen LogP contribution in [0.15, 0.2) is 79.1 Å². The van der Waals surface area contributed by atoms with E-state index in [-0.39, 0.29) is 5.91 Å². The second-order valence-corrected chi connectivity index (χ2v) is 11.7. The van der Waals surface area contributed by atoms with Crippen LogP contribution in [0.4, 0.5) is 11.4 Å². The lowest BCUT2D eigenvalue weighted by molar-refractivity contribution is 0.0991. The predicted molar refractivity (Wildman–Crippen MR) is 166 cm³/mol. The number of amides is 1. The first-order chi connectivity index (χ1) is 20.1. The second-order valence-electron chi connectivity index (χ2n) is 11.7. The number of rotatable bonds is 3. The van der Waals surface area contributed by atoms with Crippen LogP contribution in [0.3, 0.4) is 0 Å². The SMILES string of the molecule is Cc1ccc(-c2cccc3c(C(=O)N4CCc5cc6nccc(N7CCN8CCC[C@H]8C7)c6cc54)cccc23)nc1. The van der Waals surface area contributed by atoms with Crippen molar-refractivity contribution in [1.82, 2.24) is 14.9 Å². The van der Waals surface area contributed by atoms with Gasteiger partial charge in [-0.3, -0.25) is 19.7 Å². The first kappa shape index (κ1) is 24.5. The van der Waals surface area contributed by atoms with Crippen molar-refractivity contribution in [2.75, 3.05) is 42.5 Å². The van der Waals surface area contributed by atoms with E-state index in [1.54, 1.807) is 0 Å². The summed E-state index contributed by atoms with van der Waals surface area (Å²) < 4.78 is 0. The summed E-state index contributed by atoms with van der Waals surface area (Å²) >= 11 is 0. The molecule has 2 saturated heterocycles. The fourth-order valence-electron chi connectivity index (χ4n) is 7.20. The summed E-state index contributed by atoms with van der Waals surface area (Å²) in [5.41, 5.74) is 8.29. The van der Waals surface area contributed by atoms with E-state index in [0.29, 0.717) is 12.6 Å². The highest BCUT2D eigenvalue weighted by atomic mass is 16.2. The molecule has 0 saturated carbocycles. The number of pyridine rings is 2. The molecule has 0 spiro atoms. The number of aromatic nitrogens is 2. The fourth-order valence-corrected chi connectivity index (χ4v) is 7.20. The topological polar surface area (TPSA) is 52.6 Å². The first-order valence-corrected chi connectivity index (χ1v) is 14.8. The van der Waals surface area contributed by atoms with Gasteiger partial charge in [-0.1, -0.05) is 36.4 Å². The van der Waals surface area contributed by atoms with Gasteiger partial charge in [0.15, 0.2) is 0 Å². The number of carbonyl (C=O) groups is 1. The molecule has 0 N–H and O–H groups in total. The third-order valence-corrected chi connectivity index (χ3v) is 9.33. The van der Waals surface area contributed by atoms with Crippen LogP contribution in [-0.2, 0) is 6.42 Å². The molecule has 5 heterocycles. The second kappa shape index (κ2) is 9.67. The lowest BCUT2D eigenvalue weighted by Crippen LogP contribution is -2.50. The zero-order valence-electron chi connectivity index (χ0n) is 23.4. The predicted octanol–water partition coefficient (Wildman–Crippen LogP) is 6.25. The van der Waals surface area contributed by atoms with E-state index >= 15 is 0 Å². The molecule has 0 radical (unpaired) electrons. The zero-order valence-corrected chi connectivity index (χ0v) is 23.4. The number of hydrogen-bond acceptors (Lipinski definition) is 5. The molecule has 41 heavy (non-hydrogen) atoms. The van der Waals surface area contributed by atoms with E-state index in [2.05, 4.69) is 63.3 Å². The van der Waals surface area contributed by atoms with Crippen molar-refractivity contribution in [3.63, 3.8) is 0 Å². The molecule has 2 fully saturated rings. The minimum atomic E-state index is 0.0488. The van der Waals surface area contributed by atoms with Gasteiger partial charge in [0.05, 0.1) is 11.2 Å². The highest BCUT2D eigenvalue weighted by Gasteiger charge is 2.32. The normalized spacial score (nSPS) is 18.7. The molecular weight excluding hydrogens is 506 g/mol. The van der Waals surface area contributed by atoms with Crippen molar-refractivity contribution >= 4 is 39.0 Å². The van der Waals surface area contributed by atoms with E-state index in [9.17, 15) is 4.79 Å². The molecule has 1 atom stereocenters. The number of nitrogens with zero attached hydrogens (tertiary/aromatic N) is 5. The molecule has 0 aliphatic carbocycles. The third-order valence-electron chi connectivity index (χ3n) is 9.33. The number of benzene rings is 3. The van der Waals surface area contributed by atoms with E-state index < -0.39 is 0 Å². The van der Waals surface area contributed by atoms with Gasteiger partial charge in [0.1, 0.15) is 0 Å². The van der Waals surface area contributed by atoms with Crippen molar-refractivity contribution < 1.29 is 4.79 Å². The van der Waals surface area contributed by atoms with Crippen LogP contribution >= 0.6 is 0 Å². The van der Waals surface area contributed by atoms with Gasteiger partial charge in [-0.2, -0.15) is 0 Å². The number of carbonyl (C=O) groups excluding carboxylic acids is 1. The number of hydrogen-bond donors (Lipinski definition) is 0. The third kappa shape index (κ3) is 4.08. The van der Waals surface area contributed by atoms with Crippen LogP contribution in [0, 0.1) is 6.92 Å². The first-order valence-electron chi connectivity index (χ1n) is 14.8. The van der Waals surface area contributed by atoms with Gasteiger partial charge >= 0.3 is 0 Å². The Bertz CT molecular complexity index is 1810. The molecule has 6 heteroatoms. The lowest BCUT2D eigenvalue weighted by Gasteiger charge is -2.39. The summed E-state index contributed by atoms with van der Waals surface area (Å²) in [5.74, 6) is 0.0488. The fraction of sp³-hybridized carbons (Fsp3) is 0.286. The molecule has 0 unspecified atom stereocenters. The monoisotopic (exact) mass is 539 g/mol. The Labute approximate surface area is 240 Å². The Morgan fingerprint density at radius 2 is 1.76 bits per heavy atom. The van der Waals surface area contributed by atoms with Gasteiger partial charge < -0.3 is 9.80 Å². The lowest BCUT2D eigenvalue weighted by atomic mass is 9.97. The van der Waals surface area contributed by atoms with Crippen molar-refractivity contribution in [2.45, 2.75) is 32.2 Å². The number of aryl methyl sites for hydroxylation is 1. The molecule has 5 aromatic rings. The molecule has 8 rings (SSSR count). The molecular formula is C35H33N5O. The van der Waals surface area contributed by atoms with Crippen molar-refractivity contribution in [2.24, 2.45) is 0 Å². The Balaban J connectivity index is 1.18. The molecule has 2 aromatic heterocycles. The zero-order chi connectivity index (χ0) is 27.5. The standard InChI is InChI=1S/C35H33N5O/c1-23-10-11-31(37-21-23)28-8-2-7-27-26(28)6-3-9-29(27)35(41)40-16-13-24-19-32-30(20-34(24)40)33(12-14-36-32)39-18-17-38-15-4-5-25(38)22-39/h2-3,6-12,14,19-21,25H,4-5,13,15-18,22H2,1H3/t25-/m0/s1. The van der Waals surface area contributed by atoms with Crippen molar-refractivity contribution in [3.05, 3.63) is 95.8 Å². The summed E-state index contributed by atoms with van der Waals surface area (Å²) in [7, 11) is 0. The Hall–Kier alpha value is -4.29. The van der Waals surface area contributed by atoms with E-state index in [4.69, 9.17) is 4.98 Å². The van der Waals surface area contributed by atoms with Crippen molar-refractivity contribution in [3.8, 4) is 11.3 Å². The molecule has 3 aromatic carbocycles.